The lowest BCUT2D eigenvalue weighted by Crippen LogP contribution is -2.24. The van der Waals surface area contributed by atoms with E-state index in [0.29, 0.717) is 18.8 Å². The summed E-state index contributed by atoms with van der Waals surface area (Å²) in [5.74, 6) is -1.07. The van der Waals surface area contributed by atoms with Crippen molar-refractivity contribution in [2.75, 3.05) is 18.0 Å². The fourth-order valence-corrected chi connectivity index (χ4v) is 2.46. The first-order chi connectivity index (χ1) is 9.40. The normalized spacial score (nSPS) is 19.9. The number of carboxylic acid groups (broad SMARTS) is 1. The van der Waals surface area contributed by atoms with Gasteiger partial charge in [-0.1, -0.05) is 0 Å². The van der Waals surface area contributed by atoms with Crippen LogP contribution in [0.15, 0.2) is 18.2 Å². The summed E-state index contributed by atoms with van der Waals surface area (Å²) in [5, 5.41) is 29.6. The predicted molar refractivity (Wildman–Crippen MR) is 72.1 cm³/mol. The standard InChI is InChI=1S/C13H16N2O5/c1-8(16)10-4-5-14(7-10)12-6-9(13(17)18)2-3-11(12)15(19)20/h2-3,6,8,10,16H,4-5,7H2,1H3,(H,17,18). The maximum atomic E-state index is 11.1. The molecule has 2 atom stereocenters. The van der Waals surface area contributed by atoms with Crippen LogP contribution in [0.4, 0.5) is 11.4 Å². The van der Waals surface area contributed by atoms with Gasteiger partial charge in [0.15, 0.2) is 0 Å². The van der Waals surface area contributed by atoms with E-state index in [2.05, 4.69) is 0 Å². The van der Waals surface area contributed by atoms with Gasteiger partial charge >= 0.3 is 5.97 Å². The number of anilines is 1. The van der Waals surface area contributed by atoms with Crippen LogP contribution in [0.2, 0.25) is 0 Å². The Bertz CT molecular complexity index is 544. The number of nitro benzene ring substituents is 1. The van der Waals surface area contributed by atoms with Crippen molar-refractivity contribution in [2.45, 2.75) is 19.4 Å². The molecule has 0 saturated carbocycles. The van der Waals surface area contributed by atoms with Crippen LogP contribution < -0.4 is 4.90 Å². The number of rotatable bonds is 4. The van der Waals surface area contributed by atoms with Gasteiger partial charge in [0.1, 0.15) is 5.69 Å². The molecule has 0 bridgehead atoms. The van der Waals surface area contributed by atoms with Crippen LogP contribution in [-0.2, 0) is 0 Å². The van der Waals surface area contributed by atoms with Crippen LogP contribution in [-0.4, -0.2) is 40.3 Å². The average Bonchev–Trinajstić information content (AvgIpc) is 2.87. The quantitative estimate of drug-likeness (QED) is 0.639. The molecule has 1 heterocycles. The number of hydrogen-bond acceptors (Lipinski definition) is 5. The summed E-state index contributed by atoms with van der Waals surface area (Å²) in [6.45, 7) is 2.75. The van der Waals surface area contributed by atoms with E-state index in [4.69, 9.17) is 5.11 Å². The Hall–Kier alpha value is -2.15. The van der Waals surface area contributed by atoms with Gasteiger partial charge in [-0.3, -0.25) is 10.1 Å². The minimum absolute atomic E-state index is 0.0195. The molecule has 20 heavy (non-hydrogen) atoms. The number of aromatic carboxylic acids is 1. The molecule has 2 N–H and O–H groups in total. The van der Waals surface area contributed by atoms with Gasteiger partial charge in [-0.05, 0) is 25.5 Å². The van der Waals surface area contributed by atoms with E-state index in [1.165, 1.54) is 18.2 Å². The topological polar surface area (TPSA) is 104 Å². The third kappa shape index (κ3) is 2.72. The van der Waals surface area contributed by atoms with Gasteiger partial charge in [-0.15, -0.1) is 0 Å². The zero-order valence-corrected chi connectivity index (χ0v) is 11.0. The van der Waals surface area contributed by atoms with Gasteiger partial charge in [-0.2, -0.15) is 0 Å². The first-order valence-electron chi connectivity index (χ1n) is 6.35. The van der Waals surface area contributed by atoms with Crippen LogP contribution in [0, 0.1) is 16.0 Å². The molecule has 1 saturated heterocycles. The molecule has 108 valence electrons. The highest BCUT2D eigenvalue weighted by Crippen LogP contribution is 2.33. The zero-order chi connectivity index (χ0) is 14.9. The van der Waals surface area contributed by atoms with Gasteiger partial charge in [0, 0.05) is 25.1 Å². The fraction of sp³-hybridized carbons (Fsp3) is 0.462. The van der Waals surface area contributed by atoms with Crippen molar-refractivity contribution in [3.63, 3.8) is 0 Å². The van der Waals surface area contributed by atoms with Gasteiger partial charge in [0.25, 0.3) is 5.69 Å². The van der Waals surface area contributed by atoms with E-state index in [0.717, 1.165) is 6.42 Å². The Morgan fingerprint density at radius 1 is 1.55 bits per heavy atom. The lowest BCUT2D eigenvalue weighted by molar-refractivity contribution is -0.384. The van der Waals surface area contributed by atoms with E-state index >= 15 is 0 Å². The van der Waals surface area contributed by atoms with Crippen LogP contribution in [0.25, 0.3) is 0 Å². The lowest BCUT2D eigenvalue weighted by atomic mass is 10.0. The second kappa shape index (κ2) is 5.46. The van der Waals surface area contributed by atoms with E-state index in [1.807, 2.05) is 0 Å². The minimum Gasteiger partial charge on any atom is -0.478 e. The maximum Gasteiger partial charge on any atom is 0.335 e. The van der Waals surface area contributed by atoms with Crippen LogP contribution in [0.3, 0.4) is 0 Å². The molecule has 0 radical (unpaired) electrons. The van der Waals surface area contributed by atoms with Gasteiger partial charge < -0.3 is 15.1 Å². The number of nitrogens with zero attached hydrogens (tertiary/aromatic N) is 2. The molecular weight excluding hydrogens is 264 g/mol. The molecule has 1 aliphatic heterocycles. The third-order valence-corrected chi connectivity index (χ3v) is 3.67. The number of nitro groups is 1. The largest absolute Gasteiger partial charge is 0.478 e. The highest BCUT2D eigenvalue weighted by Gasteiger charge is 2.30. The number of benzene rings is 1. The van der Waals surface area contributed by atoms with Crippen molar-refractivity contribution >= 4 is 17.3 Å². The van der Waals surface area contributed by atoms with E-state index in [-0.39, 0.29) is 17.2 Å². The number of aliphatic hydroxyl groups is 1. The summed E-state index contributed by atoms with van der Waals surface area (Å²) in [4.78, 5) is 23.3. The Morgan fingerprint density at radius 3 is 2.75 bits per heavy atom. The molecule has 1 fully saturated rings. The molecule has 2 unspecified atom stereocenters. The predicted octanol–water partition coefficient (Wildman–Crippen LogP) is 1.50. The second-order valence-electron chi connectivity index (χ2n) is 5.00. The highest BCUT2D eigenvalue weighted by atomic mass is 16.6. The summed E-state index contributed by atoms with van der Waals surface area (Å²) in [6, 6.07) is 3.77. The molecule has 2 rings (SSSR count). The summed E-state index contributed by atoms with van der Waals surface area (Å²) in [7, 11) is 0. The van der Waals surface area contributed by atoms with Crippen molar-refractivity contribution in [1.29, 1.82) is 0 Å². The Labute approximate surface area is 115 Å². The number of hydrogen-bond donors (Lipinski definition) is 2. The molecule has 0 amide bonds. The molecule has 0 spiro atoms. The molecule has 1 aliphatic rings. The average molecular weight is 280 g/mol. The lowest BCUT2D eigenvalue weighted by Gasteiger charge is -2.19. The SMILES string of the molecule is CC(O)C1CCN(c2cc(C(=O)O)ccc2[N+](=O)[O-])C1. The number of aliphatic hydroxyl groups excluding tert-OH is 1. The van der Waals surface area contributed by atoms with Crippen molar-refractivity contribution in [2.24, 2.45) is 5.92 Å². The molecule has 0 aromatic heterocycles. The molecule has 1 aromatic carbocycles. The second-order valence-corrected chi connectivity index (χ2v) is 5.00. The summed E-state index contributed by atoms with van der Waals surface area (Å²) < 4.78 is 0. The summed E-state index contributed by atoms with van der Waals surface area (Å²) >= 11 is 0. The zero-order valence-electron chi connectivity index (χ0n) is 11.0. The van der Waals surface area contributed by atoms with Crippen LogP contribution in [0.1, 0.15) is 23.7 Å². The first kappa shape index (κ1) is 14.3. The van der Waals surface area contributed by atoms with E-state index < -0.39 is 17.0 Å². The monoisotopic (exact) mass is 280 g/mol. The molecule has 7 nitrogen and oxygen atoms in total. The summed E-state index contributed by atoms with van der Waals surface area (Å²) in [6.07, 6.45) is 0.244. The maximum absolute atomic E-state index is 11.1. The fourth-order valence-electron chi connectivity index (χ4n) is 2.46. The van der Waals surface area contributed by atoms with Gasteiger partial charge in [-0.25, -0.2) is 4.79 Å². The number of carbonyl (C=O) groups is 1. The van der Waals surface area contributed by atoms with E-state index in [9.17, 15) is 20.0 Å². The van der Waals surface area contributed by atoms with Crippen molar-refractivity contribution in [3.8, 4) is 0 Å². The van der Waals surface area contributed by atoms with Gasteiger partial charge in [0.05, 0.1) is 16.6 Å². The first-order valence-corrected chi connectivity index (χ1v) is 6.35. The molecule has 0 aliphatic carbocycles. The molecule has 7 heteroatoms. The Kier molecular flexibility index (Phi) is 3.89. The van der Waals surface area contributed by atoms with Gasteiger partial charge in [0.2, 0.25) is 0 Å². The Balaban J connectivity index is 2.36. The van der Waals surface area contributed by atoms with E-state index in [1.54, 1.807) is 11.8 Å². The minimum atomic E-state index is -1.12. The van der Waals surface area contributed by atoms with Crippen molar-refractivity contribution in [3.05, 3.63) is 33.9 Å². The van der Waals surface area contributed by atoms with Crippen LogP contribution >= 0.6 is 0 Å². The van der Waals surface area contributed by atoms with Crippen LogP contribution in [0.5, 0.6) is 0 Å². The van der Waals surface area contributed by atoms with Crippen molar-refractivity contribution in [1.82, 2.24) is 0 Å². The highest BCUT2D eigenvalue weighted by molar-refractivity contribution is 5.90. The molecule has 1 aromatic rings. The number of carboxylic acids is 1. The third-order valence-electron chi connectivity index (χ3n) is 3.67. The Morgan fingerprint density at radius 2 is 2.25 bits per heavy atom. The smallest absolute Gasteiger partial charge is 0.335 e. The van der Waals surface area contributed by atoms with Crippen molar-refractivity contribution < 1.29 is 19.9 Å². The molecular formula is C13H16N2O5. The summed E-state index contributed by atoms with van der Waals surface area (Å²) in [5.41, 5.74) is 0.213.